The molecule has 2 rings (SSSR count). The molecule has 1 amide bonds. The Bertz CT molecular complexity index is 485. The second-order valence-electron chi connectivity index (χ2n) is 5.49. The number of halogens is 2. The summed E-state index contributed by atoms with van der Waals surface area (Å²) in [6, 6.07) is 3.39. The highest BCUT2D eigenvalue weighted by atomic mass is 19.1. The number of amides is 1. The monoisotopic (exact) mass is 282 g/mol. The predicted molar refractivity (Wildman–Crippen MR) is 72.9 cm³/mol. The first-order chi connectivity index (χ1) is 9.47. The largest absolute Gasteiger partial charge is 0.370 e. The first-order valence-electron chi connectivity index (χ1n) is 6.94. The van der Waals surface area contributed by atoms with Gasteiger partial charge in [-0.05, 0) is 57.0 Å². The van der Waals surface area contributed by atoms with Gasteiger partial charge in [-0.3, -0.25) is 9.69 Å². The highest BCUT2D eigenvalue weighted by Gasteiger charge is 2.25. The van der Waals surface area contributed by atoms with Crippen LogP contribution in [0.25, 0.3) is 0 Å². The van der Waals surface area contributed by atoms with E-state index >= 15 is 0 Å². The minimum absolute atomic E-state index is 0.166. The lowest BCUT2D eigenvalue weighted by molar-refractivity contribution is -0.119. The summed E-state index contributed by atoms with van der Waals surface area (Å²) in [7, 11) is 0. The maximum Gasteiger partial charge on any atom is 0.217 e. The van der Waals surface area contributed by atoms with Crippen LogP contribution in [0.2, 0.25) is 0 Å². The summed E-state index contributed by atoms with van der Waals surface area (Å²) in [6.07, 6.45) is 2.14. The number of carbonyl (C=O) groups is 1. The van der Waals surface area contributed by atoms with Crippen molar-refractivity contribution in [1.29, 1.82) is 0 Å². The molecule has 0 saturated carbocycles. The number of nitrogens with two attached hydrogens (primary N) is 1. The van der Waals surface area contributed by atoms with E-state index in [1.54, 1.807) is 0 Å². The van der Waals surface area contributed by atoms with Crippen LogP contribution in [0, 0.1) is 17.6 Å². The Labute approximate surface area is 117 Å². The zero-order valence-corrected chi connectivity index (χ0v) is 11.6. The van der Waals surface area contributed by atoms with Crippen LogP contribution in [-0.2, 0) is 4.79 Å². The number of hydrogen-bond donors (Lipinski definition) is 1. The number of carbonyl (C=O) groups excluding carboxylic acids is 1. The summed E-state index contributed by atoms with van der Waals surface area (Å²) >= 11 is 0. The van der Waals surface area contributed by atoms with E-state index in [9.17, 15) is 13.6 Å². The summed E-state index contributed by atoms with van der Waals surface area (Å²) in [6.45, 7) is 3.43. The molecule has 110 valence electrons. The number of primary amides is 1. The van der Waals surface area contributed by atoms with Gasteiger partial charge < -0.3 is 5.73 Å². The molecule has 0 spiro atoms. The molecule has 1 saturated heterocycles. The lowest BCUT2D eigenvalue weighted by Crippen LogP contribution is -2.37. The molecule has 1 aliphatic rings. The van der Waals surface area contributed by atoms with Crippen molar-refractivity contribution in [3.63, 3.8) is 0 Å². The van der Waals surface area contributed by atoms with Crippen molar-refractivity contribution in [3.8, 4) is 0 Å². The van der Waals surface area contributed by atoms with Crippen molar-refractivity contribution in [3.05, 3.63) is 35.4 Å². The molecule has 0 aromatic heterocycles. The Morgan fingerprint density at radius 1 is 1.40 bits per heavy atom. The van der Waals surface area contributed by atoms with Gasteiger partial charge in [0, 0.05) is 18.0 Å². The van der Waals surface area contributed by atoms with Gasteiger partial charge in [0.1, 0.15) is 11.6 Å². The van der Waals surface area contributed by atoms with E-state index in [1.165, 1.54) is 12.1 Å². The maximum atomic E-state index is 13.8. The molecular weight excluding hydrogens is 262 g/mol. The number of rotatable bonds is 4. The molecule has 1 aromatic rings. The minimum Gasteiger partial charge on any atom is -0.370 e. The summed E-state index contributed by atoms with van der Waals surface area (Å²) < 4.78 is 27.0. The van der Waals surface area contributed by atoms with Gasteiger partial charge in [-0.25, -0.2) is 8.78 Å². The Morgan fingerprint density at radius 3 is 2.65 bits per heavy atom. The maximum absolute atomic E-state index is 13.8. The second-order valence-corrected chi connectivity index (χ2v) is 5.49. The summed E-state index contributed by atoms with van der Waals surface area (Å²) in [4.78, 5) is 13.0. The van der Waals surface area contributed by atoms with Crippen molar-refractivity contribution >= 4 is 5.91 Å². The van der Waals surface area contributed by atoms with Gasteiger partial charge in [0.05, 0.1) is 0 Å². The molecular formula is C15H20F2N2O. The van der Waals surface area contributed by atoms with Crippen molar-refractivity contribution in [2.24, 2.45) is 11.7 Å². The van der Waals surface area contributed by atoms with E-state index in [2.05, 4.69) is 4.90 Å². The SMILES string of the molecule is CC(c1cc(F)ccc1F)N1CCC(CC(N)=O)CC1. The number of hydrogen-bond acceptors (Lipinski definition) is 2. The normalized spacial score (nSPS) is 18.9. The summed E-state index contributed by atoms with van der Waals surface area (Å²) in [5.74, 6) is -0.754. The second kappa shape index (κ2) is 6.31. The molecule has 0 bridgehead atoms. The topological polar surface area (TPSA) is 46.3 Å². The van der Waals surface area contributed by atoms with Crippen LogP contribution in [0.15, 0.2) is 18.2 Å². The first-order valence-corrected chi connectivity index (χ1v) is 6.94. The van der Waals surface area contributed by atoms with Gasteiger partial charge in [0.25, 0.3) is 0 Å². The lowest BCUT2D eigenvalue weighted by Gasteiger charge is -2.36. The van der Waals surface area contributed by atoms with Crippen molar-refractivity contribution in [1.82, 2.24) is 4.90 Å². The standard InChI is InChI=1S/C15H20F2N2O/c1-10(13-9-12(16)2-3-14(13)17)19-6-4-11(5-7-19)8-15(18)20/h2-3,9-11H,4-8H2,1H3,(H2,18,20). The third-order valence-electron chi connectivity index (χ3n) is 4.09. The van der Waals surface area contributed by atoms with Gasteiger partial charge in [-0.1, -0.05) is 0 Å². The van der Waals surface area contributed by atoms with Crippen LogP contribution in [0.3, 0.4) is 0 Å². The smallest absolute Gasteiger partial charge is 0.217 e. The number of piperidine rings is 1. The summed E-state index contributed by atoms with van der Waals surface area (Å²) in [5, 5.41) is 0. The van der Waals surface area contributed by atoms with E-state index in [-0.39, 0.29) is 17.8 Å². The highest BCUT2D eigenvalue weighted by molar-refractivity contribution is 5.73. The molecule has 0 aliphatic carbocycles. The fourth-order valence-corrected chi connectivity index (χ4v) is 2.86. The van der Waals surface area contributed by atoms with E-state index in [1.807, 2.05) is 6.92 Å². The molecule has 1 unspecified atom stereocenters. The van der Waals surface area contributed by atoms with Gasteiger partial charge >= 0.3 is 0 Å². The Hall–Kier alpha value is -1.49. The Morgan fingerprint density at radius 2 is 2.05 bits per heavy atom. The fourth-order valence-electron chi connectivity index (χ4n) is 2.86. The van der Waals surface area contributed by atoms with Crippen LogP contribution in [0.5, 0.6) is 0 Å². The fraction of sp³-hybridized carbons (Fsp3) is 0.533. The average Bonchev–Trinajstić information content (AvgIpc) is 2.41. The quantitative estimate of drug-likeness (QED) is 0.922. The molecule has 3 nitrogen and oxygen atoms in total. The third kappa shape index (κ3) is 3.54. The van der Waals surface area contributed by atoms with Crippen LogP contribution in [0.1, 0.15) is 37.8 Å². The lowest BCUT2D eigenvalue weighted by atomic mass is 9.91. The van der Waals surface area contributed by atoms with Gasteiger partial charge in [-0.2, -0.15) is 0 Å². The molecule has 0 radical (unpaired) electrons. The number of nitrogens with zero attached hydrogens (tertiary/aromatic N) is 1. The first kappa shape index (κ1) is 14.9. The Kier molecular flexibility index (Phi) is 4.70. The van der Waals surface area contributed by atoms with E-state index in [4.69, 9.17) is 5.73 Å². The number of likely N-dealkylation sites (tertiary alicyclic amines) is 1. The van der Waals surface area contributed by atoms with Gasteiger partial charge in [0.2, 0.25) is 5.91 Å². The number of benzene rings is 1. The molecule has 1 heterocycles. The molecule has 1 atom stereocenters. The van der Waals surface area contributed by atoms with Gasteiger partial charge in [0.15, 0.2) is 0 Å². The van der Waals surface area contributed by atoms with Gasteiger partial charge in [-0.15, -0.1) is 0 Å². The Balaban J connectivity index is 1.99. The third-order valence-corrected chi connectivity index (χ3v) is 4.09. The van der Waals surface area contributed by atoms with Crippen molar-refractivity contribution < 1.29 is 13.6 Å². The predicted octanol–water partition coefficient (Wildman–Crippen LogP) is 2.61. The molecule has 1 aromatic carbocycles. The molecule has 1 fully saturated rings. The van der Waals surface area contributed by atoms with E-state index in [0.29, 0.717) is 17.9 Å². The molecule has 20 heavy (non-hydrogen) atoms. The van der Waals surface area contributed by atoms with Crippen LogP contribution >= 0.6 is 0 Å². The summed E-state index contributed by atoms with van der Waals surface area (Å²) in [5.41, 5.74) is 5.59. The zero-order valence-electron chi connectivity index (χ0n) is 11.6. The molecule has 5 heteroatoms. The molecule has 2 N–H and O–H groups in total. The van der Waals surface area contributed by atoms with E-state index < -0.39 is 5.82 Å². The average molecular weight is 282 g/mol. The van der Waals surface area contributed by atoms with Crippen molar-refractivity contribution in [2.75, 3.05) is 13.1 Å². The zero-order chi connectivity index (χ0) is 14.7. The van der Waals surface area contributed by atoms with Crippen LogP contribution in [0.4, 0.5) is 8.78 Å². The van der Waals surface area contributed by atoms with Crippen LogP contribution in [-0.4, -0.2) is 23.9 Å². The highest BCUT2D eigenvalue weighted by Crippen LogP contribution is 2.29. The van der Waals surface area contributed by atoms with Crippen LogP contribution < -0.4 is 5.73 Å². The minimum atomic E-state index is -0.420. The van der Waals surface area contributed by atoms with Crippen molar-refractivity contribution in [2.45, 2.75) is 32.2 Å². The molecule has 1 aliphatic heterocycles. The van der Waals surface area contributed by atoms with E-state index in [0.717, 1.165) is 32.0 Å².